The molecular formula is C29H30N8O2. The third-order valence-electron chi connectivity index (χ3n) is 6.50. The smallest absolute Gasteiger partial charge is 0.264 e. The first kappa shape index (κ1) is 25.9. The van der Waals surface area contributed by atoms with Gasteiger partial charge in [-0.2, -0.15) is 0 Å². The second kappa shape index (κ2) is 11.8. The first-order valence-corrected chi connectivity index (χ1v) is 13.1. The Morgan fingerprint density at radius 3 is 2.38 bits per heavy atom. The molecule has 0 aliphatic carbocycles. The van der Waals surface area contributed by atoms with Crippen molar-refractivity contribution in [2.75, 3.05) is 6.61 Å². The Bertz CT molecular complexity index is 1590. The van der Waals surface area contributed by atoms with Crippen molar-refractivity contribution in [3.8, 4) is 34.2 Å². The summed E-state index contributed by atoms with van der Waals surface area (Å²) >= 11 is 0. The van der Waals surface area contributed by atoms with Crippen LogP contribution in [0.4, 0.5) is 0 Å². The fourth-order valence-corrected chi connectivity index (χ4v) is 4.57. The van der Waals surface area contributed by atoms with Crippen LogP contribution in [0.5, 0.6) is 5.75 Å². The van der Waals surface area contributed by atoms with E-state index in [-0.39, 0.29) is 11.5 Å². The Morgan fingerprint density at radius 2 is 1.72 bits per heavy atom. The van der Waals surface area contributed by atoms with Gasteiger partial charge in [-0.3, -0.25) is 4.79 Å². The number of aromatic nitrogens is 8. The Kier molecular flexibility index (Phi) is 7.81. The molecule has 1 N–H and O–H groups in total. The van der Waals surface area contributed by atoms with Gasteiger partial charge in [0.1, 0.15) is 5.82 Å². The van der Waals surface area contributed by atoms with Gasteiger partial charge in [0.2, 0.25) is 5.95 Å². The molecule has 0 fully saturated rings. The van der Waals surface area contributed by atoms with Gasteiger partial charge in [0.05, 0.1) is 24.7 Å². The molecule has 0 bridgehead atoms. The van der Waals surface area contributed by atoms with Gasteiger partial charge in [0.25, 0.3) is 5.56 Å². The number of unbranched alkanes of at least 4 members (excludes halogenated alkanes) is 1. The zero-order chi connectivity index (χ0) is 27.2. The zero-order valence-electron chi connectivity index (χ0n) is 22.3. The van der Waals surface area contributed by atoms with E-state index in [1.165, 1.54) is 4.57 Å². The minimum atomic E-state index is -0.148. The van der Waals surface area contributed by atoms with Crippen molar-refractivity contribution < 1.29 is 4.74 Å². The molecule has 0 spiro atoms. The number of H-pyrrole nitrogens is 1. The van der Waals surface area contributed by atoms with E-state index in [1.54, 1.807) is 12.4 Å². The van der Waals surface area contributed by atoms with Crippen LogP contribution in [0.25, 0.3) is 28.5 Å². The Balaban J connectivity index is 1.50. The van der Waals surface area contributed by atoms with Crippen molar-refractivity contribution in [2.45, 2.75) is 46.5 Å². The summed E-state index contributed by atoms with van der Waals surface area (Å²) in [5.41, 5.74) is 5.30. The Labute approximate surface area is 226 Å². The van der Waals surface area contributed by atoms with E-state index in [9.17, 15) is 4.79 Å². The van der Waals surface area contributed by atoms with Crippen LogP contribution in [0, 0.1) is 6.92 Å². The number of nitrogens with zero attached hydrogens (tertiary/aromatic N) is 7. The minimum absolute atomic E-state index is 0.148. The third kappa shape index (κ3) is 5.59. The highest BCUT2D eigenvalue weighted by molar-refractivity contribution is 5.80. The van der Waals surface area contributed by atoms with E-state index in [1.807, 2.05) is 50.2 Å². The van der Waals surface area contributed by atoms with Gasteiger partial charge in [0.15, 0.2) is 11.6 Å². The van der Waals surface area contributed by atoms with Crippen molar-refractivity contribution in [1.82, 2.24) is 40.1 Å². The highest BCUT2D eigenvalue weighted by Gasteiger charge is 2.18. The van der Waals surface area contributed by atoms with E-state index in [0.29, 0.717) is 36.0 Å². The molecule has 3 heterocycles. The maximum atomic E-state index is 13.8. The molecule has 0 aliphatic rings. The average molecular weight is 523 g/mol. The molecule has 39 heavy (non-hydrogen) atoms. The van der Waals surface area contributed by atoms with E-state index < -0.39 is 0 Å². The normalized spacial score (nSPS) is 11.1. The molecule has 198 valence electrons. The fourth-order valence-electron chi connectivity index (χ4n) is 4.57. The summed E-state index contributed by atoms with van der Waals surface area (Å²) in [4.78, 5) is 27.4. The van der Waals surface area contributed by atoms with Crippen molar-refractivity contribution >= 4 is 0 Å². The monoisotopic (exact) mass is 522 g/mol. The summed E-state index contributed by atoms with van der Waals surface area (Å²) in [6.45, 7) is 6.36. The summed E-state index contributed by atoms with van der Waals surface area (Å²) in [7, 11) is 0. The molecule has 2 aromatic carbocycles. The maximum Gasteiger partial charge on any atom is 0.264 e. The molecule has 3 aromatic heterocycles. The molecular weight excluding hydrogens is 492 g/mol. The largest absolute Gasteiger partial charge is 0.491 e. The second-order valence-electron chi connectivity index (χ2n) is 9.15. The fraction of sp³-hybridized carbons (Fsp3) is 0.276. The van der Waals surface area contributed by atoms with Crippen LogP contribution in [0.3, 0.4) is 0 Å². The Morgan fingerprint density at radius 1 is 0.974 bits per heavy atom. The summed E-state index contributed by atoms with van der Waals surface area (Å²) < 4.78 is 6.94. The molecule has 0 aliphatic heterocycles. The number of aromatic amines is 1. The lowest BCUT2D eigenvalue weighted by atomic mass is 9.96. The number of hydrogen-bond donors (Lipinski definition) is 1. The second-order valence-corrected chi connectivity index (χ2v) is 9.15. The lowest BCUT2D eigenvalue weighted by Gasteiger charge is -2.15. The summed E-state index contributed by atoms with van der Waals surface area (Å²) in [6.07, 6.45) is 6.32. The quantitative estimate of drug-likeness (QED) is 0.284. The number of rotatable bonds is 10. The molecule has 10 nitrogen and oxygen atoms in total. The van der Waals surface area contributed by atoms with Crippen LogP contribution in [0.2, 0.25) is 0 Å². The highest BCUT2D eigenvalue weighted by atomic mass is 16.5. The van der Waals surface area contributed by atoms with Crippen molar-refractivity contribution in [1.29, 1.82) is 0 Å². The number of benzene rings is 2. The average Bonchev–Trinajstić information content (AvgIpc) is 3.50. The number of aryl methyl sites for hydroxylation is 2. The first-order chi connectivity index (χ1) is 19.1. The minimum Gasteiger partial charge on any atom is -0.491 e. The summed E-state index contributed by atoms with van der Waals surface area (Å²) in [6, 6.07) is 16.2. The lowest BCUT2D eigenvalue weighted by molar-refractivity contribution is 0.337. The number of ether oxygens (including phenoxy) is 1. The van der Waals surface area contributed by atoms with Gasteiger partial charge in [-0.1, -0.05) is 61.9 Å². The van der Waals surface area contributed by atoms with Crippen LogP contribution < -0.4 is 10.3 Å². The van der Waals surface area contributed by atoms with E-state index in [0.717, 1.165) is 47.2 Å². The predicted octanol–water partition coefficient (Wildman–Crippen LogP) is 4.51. The molecule has 0 radical (unpaired) electrons. The maximum absolute atomic E-state index is 13.8. The lowest BCUT2D eigenvalue weighted by Crippen LogP contribution is -2.29. The molecule has 5 aromatic rings. The Hall–Kier alpha value is -4.73. The number of hydrogen-bond acceptors (Lipinski definition) is 8. The SMILES string of the molecule is CCCCc1nc(C)n(-c2ncc(OCC)cn2)c(=O)c1Cc1ccc(-c2ccccc2-c2nnn[nH]2)cc1. The predicted molar refractivity (Wildman–Crippen MR) is 148 cm³/mol. The molecule has 0 unspecified atom stereocenters. The van der Waals surface area contributed by atoms with Gasteiger partial charge >= 0.3 is 0 Å². The molecule has 0 amide bonds. The van der Waals surface area contributed by atoms with Gasteiger partial charge in [0, 0.05) is 17.5 Å². The molecule has 10 heteroatoms. The van der Waals surface area contributed by atoms with Crippen molar-refractivity contribution in [3.63, 3.8) is 0 Å². The van der Waals surface area contributed by atoms with Gasteiger partial charge in [-0.25, -0.2) is 24.6 Å². The van der Waals surface area contributed by atoms with Crippen molar-refractivity contribution in [2.24, 2.45) is 0 Å². The summed E-state index contributed by atoms with van der Waals surface area (Å²) in [5, 5.41) is 14.3. The van der Waals surface area contributed by atoms with E-state index >= 15 is 0 Å². The third-order valence-corrected chi connectivity index (χ3v) is 6.50. The number of nitrogens with one attached hydrogen (secondary N) is 1. The van der Waals surface area contributed by atoms with Gasteiger partial charge < -0.3 is 4.74 Å². The van der Waals surface area contributed by atoms with Gasteiger partial charge in [-0.05, 0) is 53.8 Å². The van der Waals surface area contributed by atoms with E-state index in [4.69, 9.17) is 9.72 Å². The van der Waals surface area contributed by atoms with E-state index in [2.05, 4.69) is 49.6 Å². The standard InChI is InChI=1S/C29H30N8O2/c1-4-6-11-26-25(28(38)37(19(3)32-26)29-30-17-22(18-31-29)39-5-2)16-20-12-14-21(15-13-20)23-9-7-8-10-24(23)27-33-35-36-34-27/h7-10,12-15,17-18H,4-6,11,16H2,1-3H3,(H,33,34,35,36). The van der Waals surface area contributed by atoms with Crippen molar-refractivity contribution in [3.05, 3.63) is 93.9 Å². The molecule has 0 saturated heterocycles. The molecule has 5 rings (SSSR count). The van der Waals surface area contributed by atoms with Crippen LogP contribution in [0.1, 0.15) is 49.3 Å². The highest BCUT2D eigenvalue weighted by Crippen LogP contribution is 2.30. The van der Waals surface area contributed by atoms with Crippen LogP contribution in [-0.4, -0.2) is 46.8 Å². The summed E-state index contributed by atoms with van der Waals surface area (Å²) in [5.74, 6) is 2.01. The first-order valence-electron chi connectivity index (χ1n) is 13.1. The number of tetrazole rings is 1. The molecule has 0 saturated carbocycles. The van der Waals surface area contributed by atoms with Gasteiger partial charge in [-0.15, -0.1) is 5.10 Å². The topological polar surface area (TPSA) is 124 Å². The van der Waals surface area contributed by atoms with Crippen LogP contribution in [0.15, 0.2) is 65.7 Å². The zero-order valence-corrected chi connectivity index (χ0v) is 22.3. The molecule has 0 atom stereocenters. The van der Waals surface area contributed by atoms with Crippen LogP contribution in [-0.2, 0) is 12.8 Å². The van der Waals surface area contributed by atoms with Crippen LogP contribution >= 0.6 is 0 Å².